The highest BCUT2D eigenvalue weighted by Gasteiger charge is 2.48. The monoisotopic (exact) mass is 246 g/mol. The van der Waals surface area contributed by atoms with Crippen molar-refractivity contribution in [1.29, 1.82) is 0 Å². The summed E-state index contributed by atoms with van der Waals surface area (Å²) >= 11 is 0. The Kier molecular flexibility index (Phi) is 2.72. The molecule has 1 saturated carbocycles. The van der Waals surface area contributed by atoms with Gasteiger partial charge in [0.15, 0.2) is 11.6 Å². The van der Waals surface area contributed by atoms with Crippen molar-refractivity contribution in [2.45, 2.75) is 39.0 Å². The van der Waals surface area contributed by atoms with Crippen molar-refractivity contribution < 1.29 is 4.74 Å². The second-order valence-electron chi connectivity index (χ2n) is 6.08. The standard InChI is InChI=1S/C15H22N2O/c1-11(2)12-4-8-16-14(13(12)18-3)17-9-7-15(10-17)5-6-15/h4,8,11H,5-7,9-10H2,1-3H3. The third kappa shape index (κ3) is 1.86. The summed E-state index contributed by atoms with van der Waals surface area (Å²) in [6.07, 6.45) is 6.04. The molecule has 1 aliphatic carbocycles. The van der Waals surface area contributed by atoms with Crippen molar-refractivity contribution in [3.05, 3.63) is 17.8 Å². The number of hydrogen-bond donors (Lipinski definition) is 0. The van der Waals surface area contributed by atoms with Gasteiger partial charge in [-0.1, -0.05) is 13.8 Å². The van der Waals surface area contributed by atoms with Crippen molar-refractivity contribution >= 4 is 5.82 Å². The van der Waals surface area contributed by atoms with Crippen molar-refractivity contribution in [2.24, 2.45) is 5.41 Å². The fourth-order valence-corrected chi connectivity index (χ4v) is 3.04. The van der Waals surface area contributed by atoms with Crippen LogP contribution in [0.25, 0.3) is 0 Å². The molecule has 0 N–H and O–H groups in total. The predicted octanol–water partition coefficient (Wildman–Crippen LogP) is 3.20. The highest BCUT2D eigenvalue weighted by atomic mass is 16.5. The van der Waals surface area contributed by atoms with Gasteiger partial charge in [-0.15, -0.1) is 0 Å². The molecule has 98 valence electrons. The van der Waals surface area contributed by atoms with Crippen molar-refractivity contribution in [3.8, 4) is 5.75 Å². The Hall–Kier alpha value is -1.25. The zero-order valence-corrected chi connectivity index (χ0v) is 11.6. The Bertz CT molecular complexity index is 452. The van der Waals surface area contributed by atoms with Crippen LogP contribution in [0.2, 0.25) is 0 Å². The lowest BCUT2D eigenvalue weighted by Crippen LogP contribution is -2.22. The van der Waals surface area contributed by atoms with E-state index in [9.17, 15) is 0 Å². The van der Waals surface area contributed by atoms with E-state index in [4.69, 9.17) is 4.74 Å². The first kappa shape index (κ1) is 11.8. The maximum atomic E-state index is 5.63. The van der Waals surface area contributed by atoms with Gasteiger partial charge in [0.05, 0.1) is 7.11 Å². The van der Waals surface area contributed by atoms with Gasteiger partial charge in [0.1, 0.15) is 0 Å². The number of hydrogen-bond acceptors (Lipinski definition) is 3. The fourth-order valence-electron chi connectivity index (χ4n) is 3.04. The maximum absolute atomic E-state index is 5.63. The molecule has 1 aromatic rings. The third-order valence-corrected chi connectivity index (χ3v) is 4.44. The third-order valence-electron chi connectivity index (χ3n) is 4.44. The lowest BCUT2D eigenvalue weighted by Gasteiger charge is -2.22. The van der Waals surface area contributed by atoms with E-state index in [1.54, 1.807) is 7.11 Å². The second kappa shape index (κ2) is 4.15. The summed E-state index contributed by atoms with van der Waals surface area (Å²) in [6, 6.07) is 2.08. The number of pyridine rings is 1. The van der Waals surface area contributed by atoms with Gasteiger partial charge in [-0.05, 0) is 36.7 Å². The average Bonchev–Trinajstić information content (AvgIpc) is 2.98. The molecule has 3 heteroatoms. The van der Waals surface area contributed by atoms with E-state index < -0.39 is 0 Å². The number of nitrogens with zero attached hydrogens (tertiary/aromatic N) is 2. The summed E-state index contributed by atoms with van der Waals surface area (Å²) in [7, 11) is 1.76. The minimum absolute atomic E-state index is 0.471. The lowest BCUT2D eigenvalue weighted by atomic mass is 10.0. The van der Waals surface area contributed by atoms with E-state index in [1.165, 1.54) is 24.8 Å². The summed E-state index contributed by atoms with van der Waals surface area (Å²) in [5.74, 6) is 2.50. The Morgan fingerprint density at radius 2 is 2.11 bits per heavy atom. The summed E-state index contributed by atoms with van der Waals surface area (Å²) in [5, 5.41) is 0. The van der Waals surface area contributed by atoms with Gasteiger partial charge >= 0.3 is 0 Å². The molecule has 1 saturated heterocycles. The van der Waals surface area contributed by atoms with Gasteiger partial charge in [-0.25, -0.2) is 4.98 Å². The predicted molar refractivity (Wildman–Crippen MR) is 73.4 cm³/mol. The normalized spacial score (nSPS) is 20.8. The second-order valence-corrected chi connectivity index (χ2v) is 6.08. The van der Waals surface area contributed by atoms with Crippen LogP contribution in [0.5, 0.6) is 5.75 Å². The van der Waals surface area contributed by atoms with E-state index in [1.807, 2.05) is 6.20 Å². The van der Waals surface area contributed by atoms with E-state index in [0.29, 0.717) is 11.3 Å². The Morgan fingerprint density at radius 1 is 1.33 bits per heavy atom. The van der Waals surface area contributed by atoms with Crippen molar-refractivity contribution in [1.82, 2.24) is 4.98 Å². The molecule has 1 aromatic heterocycles. The molecule has 0 bridgehead atoms. The number of rotatable bonds is 3. The summed E-state index contributed by atoms with van der Waals surface area (Å²) in [6.45, 7) is 6.70. The Labute approximate surface area is 109 Å². The fraction of sp³-hybridized carbons (Fsp3) is 0.667. The van der Waals surface area contributed by atoms with Crippen LogP contribution in [0.15, 0.2) is 12.3 Å². The molecular formula is C15H22N2O. The molecule has 0 atom stereocenters. The number of methoxy groups -OCH3 is 1. The first-order valence-corrected chi connectivity index (χ1v) is 6.93. The van der Waals surface area contributed by atoms with Crippen LogP contribution >= 0.6 is 0 Å². The molecule has 1 aliphatic heterocycles. The zero-order valence-electron chi connectivity index (χ0n) is 11.6. The number of aromatic nitrogens is 1. The van der Waals surface area contributed by atoms with Crippen LogP contribution in [0, 0.1) is 5.41 Å². The van der Waals surface area contributed by atoms with Gasteiger partial charge < -0.3 is 9.64 Å². The van der Waals surface area contributed by atoms with Crippen LogP contribution in [0.1, 0.15) is 44.6 Å². The number of anilines is 1. The first-order chi connectivity index (χ1) is 8.65. The van der Waals surface area contributed by atoms with E-state index in [-0.39, 0.29) is 0 Å². The molecule has 2 aliphatic rings. The average molecular weight is 246 g/mol. The Balaban J connectivity index is 1.93. The van der Waals surface area contributed by atoms with Gasteiger partial charge in [-0.2, -0.15) is 0 Å². The maximum Gasteiger partial charge on any atom is 0.171 e. The largest absolute Gasteiger partial charge is 0.493 e. The number of ether oxygens (including phenoxy) is 1. The van der Waals surface area contributed by atoms with E-state index in [0.717, 1.165) is 24.7 Å². The van der Waals surface area contributed by atoms with Gasteiger partial charge in [-0.3, -0.25) is 0 Å². The molecule has 0 aromatic carbocycles. The van der Waals surface area contributed by atoms with Crippen LogP contribution in [0.4, 0.5) is 5.82 Å². The topological polar surface area (TPSA) is 25.4 Å². The van der Waals surface area contributed by atoms with Gasteiger partial charge in [0.2, 0.25) is 0 Å². The minimum Gasteiger partial charge on any atom is -0.493 e. The van der Waals surface area contributed by atoms with Crippen molar-refractivity contribution in [2.75, 3.05) is 25.1 Å². The van der Waals surface area contributed by atoms with Crippen LogP contribution in [-0.4, -0.2) is 25.2 Å². The minimum atomic E-state index is 0.471. The van der Waals surface area contributed by atoms with Crippen LogP contribution in [-0.2, 0) is 0 Å². The Morgan fingerprint density at radius 3 is 2.67 bits per heavy atom. The lowest BCUT2D eigenvalue weighted by molar-refractivity contribution is 0.405. The molecule has 0 amide bonds. The van der Waals surface area contributed by atoms with Crippen LogP contribution in [0.3, 0.4) is 0 Å². The van der Waals surface area contributed by atoms with Gasteiger partial charge in [0.25, 0.3) is 0 Å². The SMILES string of the molecule is COc1c(C(C)C)ccnc1N1CCC2(CC2)C1. The molecule has 1 spiro atoms. The molecule has 3 nitrogen and oxygen atoms in total. The zero-order chi connectivity index (χ0) is 12.8. The first-order valence-electron chi connectivity index (χ1n) is 6.93. The van der Waals surface area contributed by atoms with Crippen LogP contribution < -0.4 is 9.64 Å². The molecule has 2 heterocycles. The van der Waals surface area contributed by atoms with Crippen molar-refractivity contribution in [3.63, 3.8) is 0 Å². The molecular weight excluding hydrogens is 224 g/mol. The van der Waals surface area contributed by atoms with E-state index >= 15 is 0 Å². The molecule has 3 rings (SSSR count). The quantitative estimate of drug-likeness (QED) is 0.819. The smallest absolute Gasteiger partial charge is 0.171 e. The molecule has 0 radical (unpaired) electrons. The molecule has 18 heavy (non-hydrogen) atoms. The highest BCUT2D eigenvalue weighted by molar-refractivity contribution is 5.58. The molecule has 2 fully saturated rings. The summed E-state index contributed by atoms with van der Waals surface area (Å²) in [5.41, 5.74) is 1.89. The van der Waals surface area contributed by atoms with E-state index in [2.05, 4.69) is 29.8 Å². The molecule has 0 unspecified atom stereocenters. The van der Waals surface area contributed by atoms with Gasteiger partial charge in [0, 0.05) is 24.8 Å². The summed E-state index contributed by atoms with van der Waals surface area (Å²) in [4.78, 5) is 6.98. The highest BCUT2D eigenvalue weighted by Crippen LogP contribution is 2.54. The summed E-state index contributed by atoms with van der Waals surface area (Å²) < 4.78 is 5.63.